The number of benzene rings is 3. The van der Waals surface area contributed by atoms with Gasteiger partial charge in [-0.2, -0.15) is 0 Å². The number of ketones is 2. The van der Waals surface area contributed by atoms with Gasteiger partial charge in [0.2, 0.25) is 11.8 Å². The summed E-state index contributed by atoms with van der Waals surface area (Å²) >= 11 is 0. The molecule has 3 N–H and O–H groups in total. The van der Waals surface area contributed by atoms with E-state index in [0.717, 1.165) is 22.3 Å². The zero-order valence-electron chi connectivity index (χ0n) is 30.9. The number of nitrogens with one attached hydrogen (secondary N) is 2. The number of carbonyl (C=O) groups excluding carboxylic acids is 4. The second-order valence-corrected chi connectivity index (χ2v) is 14.1. The van der Waals surface area contributed by atoms with Crippen LogP contribution in [0.5, 0.6) is 5.75 Å². The third-order valence-corrected chi connectivity index (χ3v) is 9.94. The van der Waals surface area contributed by atoms with Crippen LogP contribution in [-0.4, -0.2) is 63.1 Å². The number of Topliss-reactive ketones (excluding diaryl/α,β-unsaturated/α-hetero) is 2. The largest absolute Gasteiger partial charge is 0.486 e. The molecule has 2 bridgehead atoms. The Bertz CT molecular complexity index is 2090. The number of carboxylic acids is 1. The van der Waals surface area contributed by atoms with Gasteiger partial charge in [0.15, 0.2) is 11.6 Å². The van der Waals surface area contributed by atoms with Gasteiger partial charge in [-0.15, -0.1) is 0 Å². The van der Waals surface area contributed by atoms with Crippen molar-refractivity contribution >= 4 is 29.4 Å². The van der Waals surface area contributed by atoms with Crippen molar-refractivity contribution in [1.29, 1.82) is 0 Å². The minimum absolute atomic E-state index is 0.0724. The fraction of sp³-hybridized carbons (Fsp3) is 0.267. The lowest BCUT2D eigenvalue weighted by Crippen LogP contribution is -2.54. The number of aromatic nitrogens is 2. The molecule has 7 rings (SSSR count). The van der Waals surface area contributed by atoms with Gasteiger partial charge >= 0.3 is 5.97 Å². The number of aryl methyl sites for hydroxylation is 1. The van der Waals surface area contributed by atoms with Crippen LogP contribution in [0.3, 0.4) is 0 Å². The first kappa shape index (κ1) is 39.2. The maximum Gasteiger partial charge on any atom is 0.307 e. The fourth-order valence-corrected chi connectivity index (χ4v) is 6.82. The van der Waals surface area contributed by atoms with Crippen LogP contribution in [0.1, 0.15) is 41.6 Å². The summed E-state index contributed by atoms with van der Waals surface area (Å²) in [7, 11) is 0. The average molecular weight is 753 g/mol. The quantitative estimate of drug-likeness (QED) is 0.179. The van der Waals surface area contributed by atoms with Crippen molar-refractivity contribution in [3.05, 3.63) is 150 Å². The number of hydrogen-bond acceptors (Lipinski definition) is 8. The standard InChI is InChI=1S/C45H44N4O7/c50-38-27-35(26-37-8-4-5-21-47-37)43(52)49-41(25-32-9-14-33(15-10-32)34-19-22-46-23-20-34)44(53)48-40(18-13-30-6-2-1-3-7-30)42(51)28-36(45(54)55)24-31-11-16-39(17-12-31)56-29-38/h1-12,14-17,19-23,35-36,40-41H,13,18,24-29H2,(H,48,53)(H,49,52)(H,54,55)/t35-,36-,40+,41-/m1/s1. The topological polar surface area (TPSA) is 165 Å². The van der Waals surface area contributed by atoms with E-state index in [-0.39, 0.29) is 50.9 Å². The van der Waals surface area contributed by atoms with E-state index < -0.39 is 47.5 Å². The second kappa shape index (κ2) is 19.2. The molecule has 2 aromatic heterocycles. The molecule has 5 aromatic rings. The number of hydrogen-bond donors (Lipinski definition) is 3. The highest BCUT2D eigenvalue weighted by molar-refractivity contribution is 5.95. The van der Waals surface area contributed by atoms with E-state index in [4.69, 9.17) is 4.74 Å². The number of pyridine rings is 2. The molecule has 11 nitrogen and oxygen atoms in total. The van der Waals surface area contributed by atoms with Crippen LogP contribution in [0.15, 0.2) is 128 Å². The molecule has 0 unspecified atom stereocenters. The Kier molecular flexibility index (Phi) is 13.4. The minimum Gasteiger partial charge on any atom is -0.486 e. The molecule has 11 heteroatoms. The van der Waals surface area contributed by atoms with Crippen LogP contribution in [0.4, 0.5) is 0 Å². The summed E-state index contributed by atoms with van der Waals surface area (Å²) in [6.07, 6.45) is 5.47. The summed E-state index contributed by atoms with van der Waals surface area (Å²) in [5, 5.41) is 16.0. The summed E-state index contributed by atoms with van der Waals surface area (Å²) in [5.41, 5.74) is 4.87. The van der Waals surface area contributed by atoms with Gasteiger partial charge < -0.3 is 20.5 Å². The number of fused-ring (bicyclic) bond motifs is 16. The van der Waals surface area contributed by atoms with E-state index in [1.54, 1.807) is 61.1 Å². The molecular weight excluding hydrogens is 709 g/mol. The van der Waals surface area contributed by atoms with E-state index in [1.165, 1.54) is 0 Å². The van der Waals surface area contributed by atoms with E-state index in [0.29, 0.717) is 23.4 Å². The van der Waals surface area contributed by atoms with Gasteiger partial charge in [-0.3, -0.25) is 33.9 Å². The maximum absolute atomic E-state index is 14.4. The average Bonchev–Trinajstić information content (AvgIpc) is 3.22. The molecular formula is C45H44N4O7. The van der Waals surface area contributed by atoms with Crippen LogP contribution in [0, 0.1) is 11.8 Å². The Morgan fingerprint density at radius 2 is 1.38 bits per heavy atom. The van der Waals surface area contributed by atoms with E-state index >= 15 is 0 Å². The molecule has 0 fully saturated rings. The van der Waals surface area contributed by atoms with Gasteiger partial charge in [-0.1, -0.05) is 72.8 Å². The van der Waals surface area contributed by atoms with Gasteiger partial charge in [-0.25, -0.2) is 0 Å². The van der Waals surface area contributed by atoms with Crippen molar-refractivity contribution in [2.75, 3.05) is 6.61 Å². The molecule has 56 heavy (non-hydrogen) atoms. The number of nitrogens with zero attached hydrogens (tertiary/aromatic N) is 2. The lowest BCUT2D eigenvalue weighted by Gasteiger charge is -2.26. The van der Waals surface area contributed by atoms with Crippen LogP contribution in [-0.2, 0) is 49.7 Å². The highest BCUT2D eigenvalue weighted by atomic mass is 16.5. The summed E-state index contributed by atoms with van der Waals surface area (Å²) in [6.45, 7) is -0.297. The number of aliphatic carboxylic acids is 1. The molecule has 4 atom stereocenters. The van der Waals surface area contributed by atoms with Crippen molar-refractivity contribution in [2.24, 2.45) is 11.8 Å². The van der Waals surface area contributed by atoms with E-state index in [1.807, 2.05) is 66.7 Å². The van der Waals surface area contributed by atoms with Gasteiger partial charge in [0.25, 0.3) is 0 Å². The normalized spacial score (nSPS) is 19.8. The third kappa shape index (κ3) is 11.3. The molecule has 0 aliphatic carbocycles. The Hall–Kier alpha value is -6.49. The highest BCUT2D eigenvalue weighted by Gasteiger charge is 2.32. The van der Waals surface area contributed by atoms with Crippen molar-refractivity contribution in [3.8, 4) is 16.9 Å². The lowest BCUT2D eigenvalue weighted by atomic mass is 9.90. The molecule has 4 heterocycles. The van der Waals surface area contributed by atoms with E-state index in [9.17, 15) is 29.1 Å². The first-order valence-electron chi connectivity index (χ1n) is 18.7. The molecule has 286 valence electrons. The van der Waals surface area contributed by atoms with Crippen LogP contribution >= 0.6 is 0 Å². The molecule has 2 aliphatic rings. The van der Waals surface area contributed by atoms with Crippen molar-refractivity contribution < 1.29 is 33.8 Å². The fourth-order valence-electron chi connectivity index (χ4n) is 6.82. The lowest BCUT2D eigenvalue weighted by molar-refractivity contribution is -0.144. The summed E-state index contributed by atoms with van der Waals surface area (Å²) in [6, 6.07) is 30.7. The minimum atomic E-state index is -1.15. The molecule has 3 aromatic carbocycles. The van der Waals surface area contributed by atoms with Gasteiger partial charge in [0, 0.05) is 50.0 Å². The molecule has 0 radical (unpaired) electrons. The summed E-state index contributed by atoms with van der Waals surface area (Å²) in [4.78, 5) is 76.9. The predicted molar refractivity (Wildman–Crippen MR) is 209 cm³/mol. The maximum atomic E-state index is 14.4. The monoisotopic (exact) mass is 752 g/mol. The molecule has 2 amide bonds. The summed E-state index contributed by atoms with van der Waals surface area (Å²) < 4.78 is 5.76. The first-order chi connectivity index (χ1) is 27.2. The number of rotatable bonds is 9. The van der Waals surface area contributed by atoms with Crippen molar-refractivity contribution in [3.63, 3.8) is 0 Å². The zero-order chi connectivity index (χ0) is 39.3. The first-order valence-corrected chi connectivity index (χ1v) is 18.7. The van der Waals surface area contributed by atoms with Crippen molar-refractivity contribution in [2.45, 2.75) is 57.0 Å². The van der Waals surface area contributed by atoms with Gasteiger partial charge in [0.1, 0.15) is 18.4 Å². The third-order valence-electron chi connectivity index (χ3n) is 9.94. The number of carboxylic acid groups (broad SMARTS) is 1. The highest BCUT2D eigenvalue weighted by Crippen LogP contribution is 2.22. The predicted octanol–water partition coefficient (Wildman–Crippen LogP) is 5.40. The Morgan fingerprint density at radius 3 is 2.07 bits per heavy atom. The van der Waals surface area contributed by atoms with Crippen LogP contribution in [0.25, 0.3) is 11.1 Å². The molecule has 0 saturated carbocycles. The Morgan fingerprint density at radius 1 is 0.679 bits per heavy atom. The Balaban J connectivity index is 1.33. The van der Waals surface area contributed by atoms with Crippen LogP contribution < -0.4 is 15.4 Å². The SMILES string of the molecule is O=C1COc2ccc(cc2)C[C@@H](C(=O)O)CC(=O)[C@H](CCc2ccccc2)NC(=O)[C@@H](Cc2ccc(-c3ccncc3)cc2)NC(=O)[C@H](Cc2ccccn2)C1. The zero-order valence-corrected chi connectivity index (χ0v) is 30.9. The Labute approximate surface area is 325 Å². The van der Waals surface area contributed by atoms with Crippen LogP contribution in [0.2, 0.25) is 0 Å². The van der Waals surface area contributed by atoms with E-state index in [2.05, 4.69) is 20.6 Å². The van der Waals surface area contributed by atoms with Crippen molar-refractivity contribution in [1.82, 2.24) is 20.6 Å². The number of carbonyl (C=O) groups is 5. The van der Waals surface area contributed by atoms with Gasteiger partial charge in [-0.05, 0) is 83.5 Å². The number of amides is 2. The molecule has 0 saturated heterocycles. The second-order valence-electron chi connectivity index (χ2n) is 14.1. The summed E-state index contributed by atoms with van der Waals surface area (Å²) in [5.74, 6) is -4.56. The van der Waals surface area contributed by atoms with Gasteiger partial charge in [0.05, 0.1) is 17.9 Å². The molecule has 2 aliphatic heterocycles. The molecule has 0 spiro atoms. The smallest absolute Gasteiger partial charge is 0.307 e. The number of ether oxygens (including phenoxy) is 1.